The molecule has 0 spiro atoms. The highest BCUT2D eigenvalue weighted by Gasteiger charge is 2.25. The molecule has 168 valence electrons. The fraction of sp³-hybridized carbons (Fsp3) is 0.579. The van der Waals surface area contributed by atoms with Gasteiger partial charge in [-0.05, 0) is 45.1 Å². The molecule has 1 aromatic heterocycles. The third kappa shape index (κ3) is 8.82. The quantitative estimate of drug-likeness (QED) is 0.536. The molecule has 9 nitrogen and oxygen atoms in total. The molecule has 1 aromatic carbocycles. The van der Waals surface area contributed by atoms with Crippen molar-refractivity contribution in [2.45, 2.75) is 26.4 Å². The first-order valence-corrected chi connectivity index (χ1v) is 11.9. The Morgan fingerprint density at radius 2 is 1.63 bits per heavy atom. The Morgan fingerprint density at radius 3 is 2.10 bits per heavy atom. The van der Waals surface area contributed by atoms with Gasteiger partial charge in [0.15, 0.2) is 4.77 Å². The molecular formula is C19H30N4O5S2. The summed E-state index contributed by atoms with van der Waals surface area (Å²) in [6.07, 6.45) is 0.734. The second-order valence-corrected chi connectivity index (χ2v) is 10.0. The van der Waals surface area contributed by atoms with Crippen molar-refractivity contribution in [2.24, 2.45) is 0 Å². The first-order valence-electron chi connectivity index (χ1n) is 9.65. The Morgan fingerprint density at radius 1 is 1.10 bits per heavy atom. The summed E-state index contributed by atoms with van der Waals surface area (Å²) >= 11 is 4.90. The van der Waals surface area contributed by atoms with Gasteiger partial charge in [0.1, 0.15) is 5.60 Å². The number of aromatic nitrogens is 2. The smallest absolute Gasteiger partial charge is 0.410 e. The van der Waals surface area contributed by atoms with Crippen molar-refractivity contribution in [3.63, 3.8) is 0 Å². The van der Waals surface area contributed by atoms with Gasteiger partial charge < -0.3 is 19.6 Å². The van der Waals surface area contributed by atoms with Crippen LogP contribution in [-0.2, 0) is 19.0 Å². The van der Waals surface area contributed by atoms with E-state index in [9.17, 15) is 13.2 Å². The maximum absolute atomic E-state index is 11.8. The molecule has 1 aliphatic heterocycles. The maximum Gasteiger partial charge on any atom is 0.410 e. The number of carbonyl (C=O) groups excluding carboxylic acids is 1. The van der Waals surface area contributed by atoms with Crippen LogP contribution in [0.25, 0.3) is 11.0 Å². The molecule has 2 N–H and O–H groups in total. The van der Waals surface area contributed by atoms with Gasteiger partial charge in [-0.25, -0.2) is 4.79 Å². The van der Waals surface area contributed by atoms with E-state index in [-0.39, 0.29) is 12.7 Å². The predicted molar refractivity (Wildman–Crippen MR) is 119 cm³/mol. The molecule has 0 unspecified atom stereocenters. The van der Waals surface area contributed by atoms with E-state index in [1.807, 2.05) is 45.0 Å². The van der Waals surface area contributed by atoms with E-state index in [2.05, 4.69) is 14.9 Å². The summed E-state index contributed by atoms with van der Waals surface area (Å²) in [6, 6.07) is 7.92. The zero-order valence-corrected chi connectivity index (χ0v) is 19.4. The normalized spacial score (nSPS) is 15.5. The van der Waals surface area contributed by atoms with Crippen molar-refractivity contribution >= 4 is 39.5 Å². The second-order valence-electron chi connectivity index (χ2n) is 7.96. The number of imidazole rings is 1. The largest absolute Gasteiger partial charge is 0.444 e. The van der Waals surface area contributed by atoms with Crippen LogP contribution < -0.4 is 0 Å². The fourth-order valence-corrected chi connectivity index (χ4v) is 3.37. The molecule has 0 saturated carbocycles. The SMILES string of the molecule is CC(C)(C)OC(=O)N1CCN(CCOS(C)(=O)=O)CC1.S=c1[nH]c2ccccc2[nH]1. The van der Waals surface area contributed by atoms with Gasteiger partial charge in [0, 0.05) is 32.7 Å². The minimum absolute atomic E-state index is 0.144. The molecule has 11 heteroatoms. The predicted octanol–water partition coefficient (Wildman–Crippen LogP) is 2.74. The van der Waals surface area contributed by atoms with Gasteiger partial charge in [-0.1, -0.05) is 12.1 Å². The highest BCUT2D eigenvalue weighted by molar-refractivity contribution is 7.85. The van der Waals surface area contributed by atoms with Gasteiger partial charge in [-0.15, -0.1) is 0 Å². The molecule has 1 saturated heterocycles. The average Bonchev–Trinajstić information content (AvgIpc) is 3.00. The number of carbonyl (C=O) groups is 1. The van der Waals surface area contributed by atoms with Gasteiger partial charge in [-0.3, -0.25) is 9.08 Å². The molecule has 2 heterocycles. The van der Waals surface area contributed by atoms with Crippen LogP contribution in [-0.4, -0.2) is 85.5 Å². The molecule has 1 fully saturated rings. The minimum atomic E-state index is -3.38. The van der Waals surface area contributed by atoms with Crippen LogP contribution in [0.5, 0.6) is 0 Å². The number of para-hydroxylation sites is 2. The lowest BCUT2D eigenvalue weighted by Crippen LogP contribution is -2.50. The molecule has 2 aromatic rings. The van der Waals surface area contributed by atoms with Crippen LogP contribution in [0.15, 0.2) is 24.3 Å². The standard InChI is InChI=1S/C12H24N2O5S.C7H6N2S/c1-12(2,3)19-11(15)14-7-5-13(6-8-14)9-10-18-20(4,16)17;10-7-8-5-3-1-2-4-6(5)9-7/h5-10H2,1-4H3;1-4H,(H2,8,9,10). The summed E-state index contributed by atoms with van der Waals surface area (Å²) < 4.78 is 32.4. The topological polar surface area (TPSA) is 108 Å². The van der Waals surface area contributed by atoms with E-state index in [0.29, 0.717) is 37.5 Å². The van der Waals surface area contributed by atoms with E-state index in [4.69, 9.17) is 21.1 Å². The number of benzene rings is 1. The maximum atomic E-state index is 11.8. The van der Waals surface area contributed by atoms with Crippen molar-refractivity contribution < 1.29 is 22.1 Å². The van der Waals surface area contributed by atoms with Crippen molar-refractivity contribution in [1.29, 1.82) is 0 Å². The Labute approximate surface area is 182 Å². The van der Waals surface area contributed by atoms with E-state index < -0.39 is 15.7 Å². The second kappa shape index (κ2) is 10.4. The molecule has 30 heavy (non-hydrogen) atoms. The Bertz CT molecular complexity index is 950. The van der Waals surface area contributed by atoms with E-state index in [1.165, 1.54) is 0 Å². The van der Waals surface area contributed by atoms with Gasteiger partial charge >= 0.3 is 6.09 Å². The van der Waals surface area contributed by atoms with Crippen LogP contribution in [0.1, 0.15) is 20.8 Å². The van der Waals surface area contributed by atoms with Crippen molar-refractivity contribution in [3.05, 3.63) is 29.0 Å². The molecule has 1 amide bonds. The highest BCUT2D eigenvalue weighted by Crippen LogP contribution is 2.12. The number of hydrogen-bond acceptors (Lipinski definition) is 7. The lowest BCUT2D eigenvalue weighted by molar-refractivity contribution is 0.0138. The summed E-state index contributed by atoms with van der Waals surface area (Å²) in [5.74, 6) is 0. The molecule has 0 bridgehead atoms. The van der Waals surface area contributed by atoms with E-state index >= 15 is 0 Å². The van der Waals surface area contributed by atoms with Crippen molar-refractivity contribution in [3.8, 4) is 0 Å². The Balaban J connectivity index is 0.000000263. The Hall–Kier alpha value is -1.95. The summed E-state index contributed by atoms with van der Waals surface area (Å²) in [7, 11) is -3.38. The summed E-state index contributed by atoms with van der Waals surface area (Å²) in [5, 5.41) is 0. The number of nitrogens with zero attached hydrogens (tertiary/aromatic N) is 2. The summed E-state index contributed by atoms with van der Waals surface area (Å²) in [4.78, 5) is 21.6. The van der Waals surface area contributed by atoms with E-state index in [1.54, 1.807) is 4.90 Å². The zero-order valence-electron chi connectivity index (χ0n) is 17.8. The number of fused-ring (bicyclic) bond motifs is 1. The number of H-pyrrole nitrogens is 2. The first-order chi connectivity index (χ1) is 13.9. The number of rotatable bonds is 4. The molecule has 0 atom stereocenters. The molecule has 1 aliphatic rings. The third-order valence-corrected chi connectivity index (χ3v) is 4.95. The number of hydrogen-bond donors (Lipinski definition) is 2. The molecular weight excluding hydrogens is 428 g/mol. The number of aromatic amines is 2. The molecule has 3 rings (SSSR count). The van der Waals surface area contributed by atoms with Crippen molar-refractivity contribution in [2.75, 3.05) is 45.6 Å². The van der Waals surface area contributed by atoms with Gasteiger partial charge in [0.2, 0.25) is 0 Å². The number of nitrogens with one attached hydrogen (secondary N) is 2. The lowest BCUT2D eigenvalue weighted by Gasteiger charge is -2.35. The first kappa shape index (κ1) is 24.3. The Kier molecular flexibility index (Phi) is 8.42. The van der Waals surface area contributed by atoms with Crippen LogP contribution in [0.4, 0.5) is 4.79 Å². The monoisotopic (exact) mass is 458 g/mol. The average molecular weight is 459 g/mol. The van der Waals surface area contributed by atoms with Gasteiger partial charge in [-0.2, -0.15) is 8.42 Å². The van der Waals surface area contributed by atoms with Crippen LogP contribution in [0.2, 0.25) is 0 Å². The highest BCUT2D eigenvalue weighted by atomic mass is 32.2. The number of piperazine rings is 1. The van der Waals surface area contributed by atoms with E-state index in [0.717, 1.165) is 17.3 Å². The zero-order chi connectivity index (χ0) is 22.4. The van der Waals surface area contributed by atoms with Gasteiger partial charge in [0.25, 0.3) is 10.1 Å². The molecule has 0 aliphatic carbocycles. The van der Waals surface area contributed by atoms with Crippen molar-refractivity contribution in [1.82, 2.24) is 19.8 Å². The minimum Gasteiger partial charge on any atom is -0.444 e. The fourth-order valence-electron chi connectivity index (χ4n) is 2.78. The van der Waals surface area contributed by atoms with Crippen LogP contribution in [0, 0.1) is 4.77 Å². The van der Waals surface area contributed by atoms with Crippen LogP contribution in [0.3, 0.4) is 0 Å². The summed E-state index contributed by atoms with van der Waals surface area (Å²) in [6.45, 7) is 8.72. The van der Waals surface area contributed by atoms with Crippen LogP contribution >= 0.6 is 12.2 Å². The third-order valence-electron chi connectivity index (χ3n) is 4.15. The summed E-state index contributed by atoms with van der Waals surface area (Å²) in [5.41, 5.74) is 1.64. The number of amides is 1. The lowest BCUT2D eigenvalue weighted by atomic mass is 10.2. The van der Waals surface area contributed by atoms with Gasteiger partial charge in [0.05, 0.1) is 23.9 Å². The molecule has 0 radical (unpaired) electrons. The number of ether oxygens (including phenoxy) is 1.